The van der Waals surface area contributed by atoms with Gasteiger partial charge < -0.3 is 5.84 Å². The van der Waals surface area contributed by atoms with Crippen LogP contribution in [0.15, 0.2) is 52.4 Å². The standard InChI is InChI=1S/C16H11Cl2N7OS/c17-9-5-6-10(12(18)7-9)14-21-22-16(25(14)19)27-8-24-15(26)11-3-1-2-4-13(11)20-23-24/h1-7H,8,19H2. The summed E-state index contributed by atoms with van der Waals surface area (Å²) in [4.78, 5) is 12.5. The molecule has 2 aromatic heterocycles. The van der Waals surface area contributed by atoms with Crippen molar-refractivity contribution in [3.8, 4) is 11.4 Å². The van der Waals surface area contributed by atoms with Crippen LogP contribution in [0, 0.1) is 0 Å². The van der Waals surface area contributed by atoms with Gasteiger partial charge in [0, 0.05) is 10.6 Å². The van der Waals surface area contributed by atoms with E-state index in [1.165, 1.54) is 21.1 Å². The van der Waals surface area contributed by atoms with Crippen LogP contribution in [-0.4, -0.2) is 29.9 Å². The van der Waals surface area contributed by atoms with Gasteiger partial charge in [0.2, 0.25) is 5.16 Å². The topological polar surface area (TPSA) is 105 Å². The van der Waals surface area contributed by atoms with Gasteiger partial charge in [-0.05, 0) is 30.3 Å². The fraction of sp³-hybridized carbons (Fsp3) is 0.0625. The average molecular weight is 420 g/mol. The Balaban J connectivity index is 1.61. The van der Waals surface area contributed by atoms with Crippen molar-refractivity contribution in [2.75, 3.05) is 5.84 Å². The quantitative estimate of drug-likeness (QED) is 0.400. The van der Waals surface area contributed by atoms with Crippen LogP contribution in [0.4, 0.5) is 0 Å². The molecule has 8 nitrogen and oxygen atoms in total. The molecule has 0 aliphatic heterocycles. The number of thioether (sulfide) groups is 1. The average Bonchev–Trinajstić information content (AvgIpc) is 3.02. The van der Waals surface area contributed by atoms with Crippen LogP contribution in [0.2, 0.25) is 10.0 Å². The molecule has 0 saturated heterocycles. The lowest BCUT2D eigenvalue weighted by molar-refractivity contribution is 0.642. The molecule has 0 bridgehead atoms. The summed E-state index contributed by atoms with van der Waals surface area (Å²) in [5.41, 5.74) is 0.910. The number of benzene rings is 2. The molecule has 0 spiro atoms. The molecule has 0 saturated carbocycles. The lowest BCUT2D eigenvalue weighted by atomic mass is 10.2. The third-order valence-corrected chi connectivity index (χ3v) is 5.24. The summed E-state index contributed by atoms with van der Waals surface area (Å²) in [7, 11) is 0. The van der Waals surface area contributed by atoms with Gasteiger partial charge in [-0.3, -0.25) is 4.79 Å². The van der Waals surface area contributed by atoms with Crippen LogP contribution in [0.5, 0.6) is 0 Å². The first-order chi connectivity index (χ1) is 13.0. The normalized spacial score (nSPS) is 11.2. The second-order valence-corrected chi connectivity index (χ2v) is 7.24. The number of hydrogen-bond acceptors (Lipinski definition) is 7. The van der Waals surface area contributed by atoms with Gasteiger partial charge in [0.05, 0.1) is 16.3 Å². The van der Waals surface area contributed by atoms with Crippen molar-refractivity contribution in [1.29, 1.82) is 0 Å². The molecule has 2 N–H and O–H groups in total. The van der Waals surface area contributed by atoms with Gasteiger partial charge in [-0.1, -0.05) is 52.3 Å². The summed E-state index contributed by atoms with van der Waals surface area (Å²) >= 11 is 13.3. The summed E-state index contributed by atoms with van der Waals surface area (Å²) in [6.45, 7) is 0. The molecule has 2 aromatic carbocycles. The van der Waals surface area contributed by atoms with E-state index in [9.17, 15) is 4.79 Å². The summed E-state index contributed by atoms with van der Waals surface area (Å²) in [6, 6.07) is 12.0. The van der Waals surface area contributed by atoms with E-state index in [-0.39, 0.29) is 11.4 Å². The zero-order valence-electron chi connectivity index (χ0n) is 13.6. The van der Waals surface area contributed by atoms with Gasteiger partial charge in [0.15, 0.2) is 5.82 Å². The van der Waals surface area contributed by atoms with E-state index in [4.69, 9.17) is 29.0 Å². The number of nitrogens with two attached hydrogens (primary N) is 1. The largest absolute Gasteiger partial charge is 0.335 e. The number of nitrogen functional groups attached to an aromatic ring is 1. The zero-order chi connectivity index (χ0) is 19.0. The molecule has 4 rings (SSSR count). The van der Waals surface area contributed by atoms with Crippen LogP contribution >= 0.6 is 35.0 Å². The van der Waals surface area contributed by atoms with Crippen LogP contribution in [0.1, 0.15) is 0 Å². The summed E-state index contributed by atoms with van der Waals surface area (Å²) in [6.07, 6.45) is 0. The first-order valence-electron chi connectivity index (χ1n) is 7.66. The molecule has 0 amide bonds. The molecule has 136 valence electrons. The highest BCUT2D eigenvalue weighted by molar-refractivity contribution is 7.98. The van der Waals surface area contributed by atoms with Crippen molar-refractivity contribution in [3.05, 3.63) is 62.9 Å². The summed E-state index contributed by atoms with van der Waals surface area (Å²) in [5.74, 6) is 6.66. The number of rotatable bonds is 4. The number of nitrogens with zero attached hydrogens (tertiary/aromatic N) is 6. The molecular weight excluding hydrogens is 409 g/mol. The van der Waals surface area contributed by atoms with Crippen LogP contribution in [0.25, 0.3) is 22.3 Å². The third kappa shape index (κ3) is 3.36. The molecule has 0 aliphatic rings. The number of hydrogen-bond donors (Lipinski definition) is 1. The molecule has 27 heavy (non-hydrogen) atoms. The van der Waals surface area contributed by atoms with Crippen molar-refractivity contribution in [2.24, 2.45) is 0 Å². The van der Waals surface area contributed by atoms with E-state index in [0.29, 0.717) is 37.5 Å². The van der Waals surface area contributed by atoms with E-state index in [0.717, 1.165) is 0 Å². The molecule has 4 aromatic rings. The monoisotopic (exact) mass is 419 g/mol. The predicted octanol–water partition coefficient (Wildman–Crippen LogP) is 2.82. The molecule has 0 aliphatic carbocycles. The van der Waals surface area contributed by atoms with Gasteiger partial charge >= 0.3 is 0 Å². The van der Waals surface area contributed by atoms with Crippen LogP contribution in [-0.2, 0) is 5.88 Å². The second-order valence-electron chi connectivity index (χ2n) is 5.49. The molecule has 0 radical (unpaired) electrons. The summed E-state index contributed by atoms with van der Waals surface area (Å²) in [5, 5.41) is 17.9. The van der Waals surface area contributed by atoms with Crippen molar-refractivity contribution in [2.45, 2.75) is 11.0 Å². The fourth-order valence-electron chi connectivity index (χ4n) is 2.46. The SMILES string of the molecule is Nn1c(SCn2nnc3ccccc3c2=O)nnc1-c1ccc(Cl)cc1Cl. The first-order valence-corrected chi connectivity index (χ1v) is 9.40. The molecular formula is C16H11Cl2N7OS. The Morgan fingerprint density at radius 3 is 2.70 bits per heavy atom. The Morgan fingerprint density at radius 2 is 1.89 bits per heavy atom. The molecule has 11 heteroatoms. The highest BCUT2D eigenvalue weighted by Gasteiger charge is 2.16. The highest BCUT2D eigenvalue weighted by Crippen LogP contribution is 2.30. The van der Waals surface area contributed by atoms with Crippen LogP contribution < -0.4 is 11.4 Å². The number of aromatic nitrogens is 6. The van der Waals surface area contributed by atoms with Crippen molar-refractivity contribution < 1.29 is 0 Å². The van der Waals surface area contributed by atoms with Crippen molar-refractivity contribution in [3.63, 3.8) is 0 Å². The molecule has 0 unspecified atom stereocenters. The van der Waals surface area contributed by atoms with Crippen molar-refractivity contribution in [1.82, 2.24) is 29.9 Å². The highest BCUT2D eigenvalue weighted by atomic mass is 35.5. The minimum atomic E-state index is -0.239. The maximum absolute atomic E-state index is 12.5. The van der Waals surface area contributed by atoms with E-state index in [2.05, 4.69) is 20.5 Å². The second kappa shape index (κ2) is 7.18. The molecule has 0 atom stereocenters. The van der Waals surface area contributed by atoms with E-state index >= 15 is 0 Å². The maximum atomic E-state index is 12.5. The minimum absolute atomic E-state index is 0.181. The minimum Gasteiger partial charge on any atom is -0.335 e. The number of fused-ring (bicyclic) bond motifs is 1. The fourth-order valence-corrected chi connectivity index (χ4v) is 3.68. The van der Waals surface area contributed by atoms with Crippen molar-refractivity contribution >= 4 is 45.9 Å². The lowest BCUT2D eigenvalue weighted by Crippen LogP contribution is -2.23. The van der Waals surface area contributed by atoms with Gasteiger partial charge in [0.25, 0.3) is 5.56 Å². The van der Waals surface area contributed by atoms with E-state index in [1.807, 2.05) is 0 Å². The smallest absolute Gasteiger partial charge is 0.278 e. The lowest BCUT2D eigenvalue weighted by Gasteiger charge is -2.06. The van der Waals surface area contributed by atoms with Gasteiger partial charge in [0.1, 0.15) is 5.52 Å². The Bertz CT molecular complexity index is 1210. The Morgan fingerprint density at radius 1 is 1.07 bits per heavy atom. The number of halogens is 2. The Kier molecular flexibility index (Phi) is 4.73. The van der Waals surface area contributed by atoms with E-state index in [1.54, 1.807) is 42.5 Å². The first kappa shape index (κ1) is 17.8. The van der Waals surface area contributed by atoms with Crippen LogP contribution in [0.3, 0.4) is 0 Å². The van der Waals surface area contributed by atoms with Gasteiger partial charge in [-0.15, -0.1) is 15.3 Å². The predicted molar refractivity (Wildman–Crippen MR) is 105 cm³/mol. The molecule has 0 fully saturated rings. The van der Waals surface area contributed by atoms with E-state index < -0.39 is 0 Å². The summed E-state index contributed by atoms with van der Waals surface area (Å²) < 4.78 is 2.55. The van der Waals surface area contributed by atoms with Gasteiger partial charge in [-0.25, -0.2) is 4.68 Å². The molecule has 2 heterocycles. The Hall–Kier alpha value is -2.62. The van der Waals surface area contributed by atoms with Gasteiger partial charge in [-0.2, -0.15) is 4.68 Å². The maximum Gasteiger partial charge on any atom is 0.278 e. The Labute approximate surface area is 166 Å². The zero-order valence-corrected chi connectivity index (χ0v) is 15.9. The third-order valence-electron chi connectivity index (χ3n) is 3.78.